The molecule has 0 bridgehead atoms. The quantitative estimate of drug-likeness (QED) is 0.735. The molecule has 0 spiro atoms. The fourth-order valence-corrected chi connectivity index (χ4v) is 2.82. The summed E-state index contributed by atoms with van der Waals surface area (Å²) in [5.41, 5.74) is -0.626. The van der Waals surface area contributed by atoms with Crippen LogP contribution in [0.5, 0.6) is 0 Å². The third-order valence-corrected chi connectivity index (χ3v) is 4.17. The molecule has 0 atom stereocenters. The van der Waals surface area contributed by atoms with Gasteiger partial charge in [0.2, 0.25) is 11.8 Å². The van der Waals surface area contributed by atoms with E-state index in [1.807, 2.05) is 32.8 Å². The van der Waals surface area contributed by atoms with E-state index in [4.69, 9.17) is 4.52 Å². The molecule has 0 unspecified atom stereocenters. The molecule has 9 heteroatoms. The molecule has 7 nitrogen and oxygen atoms in total. The predicted molar refractivity (Wildman–Crippen MR) is 102 cm³/mol. The van der Waals surface area contributed by atoms with Crippen molar-refractivity contribution in [2.45, 2.75) is 51.6 Å². The van der Waals surface area contributed by atoms with Crippen molar-refractivity contribution in [3.8, 4) is 0 Å². The zero-order chi connectivity index (χ0) is 16.9. The second-order valence-corrected chi connectivity index (χ2v) is 7.15. The normalized spacial score (nSPS) is 15.4. The van der Waals surface area contributed by atoms with Gasteiger partial charge in [-0.25, -0.2) is 0 Å². The lowest BCUT2D eigenvalue weighted by Gasteiger charge is -2.25. The number of piperidine rings is 1. The summed E-state index contributed by atoms with van der Waals surface area (Å²) in [4.78, 5) is 18.6. The maximum absolute atomic E-state index is 12.2. The van der Waals surface area contributed by atoms with Gasteiger partial charge < -0.3 is 20.1 Å². The van der Waals surface area contributed by atoms with Crippen LogP contribution >= 0.6 is 24.8 Å². The van der Waals surface area contributed by atoms with Crippen molar-refractivity contribution in [3.63, 3.8) is 0 Å². The molecule has 1 aromatic heterocycles. The Morgan fingerprint density at radius 3 is 2.56 bits per heavy atom. The summed E-state index contributed by atoms with van der Waals surface area (Å²) in [5, 5.41) is 10.4. The average molecular weight is 396 g/mol. The molecule has 2 heterocycles. The van der Waals surface area contributed by atoms with Crippen molar-refractivity contribution >= 4 is 30.7 Å². The summed E-state index contributed by atoms with van der Waals surface area (Å²) >= 11 is 0. The van der Waals surface area contributed by atoms with E-state index in [9.17, 15) is 4.79 Å². The number of amides is 1. The zero-order valence-corrected chi connectivity index (χ0v) is 17.1. The Labute approximate surface area is 162 Å². The predicted octanol–water partition coefficient (Wildman–Crippen LogP) is 2.11. The van der Waals surface area contributed by atoms with Crippen LogP contribution in [0.4, 0.5) is 0 Å². The number of hydrogen-bond donors (Lipinski definition) is 2. The lowest BCUT2D eigenvalue weighted by molar-refractivity contribution is -0.123. The second-order valence-electron chi connectivity index (χ2n) is 7.15. The van der Waals surface area contributed by atoms with Crippen LogP contribution in [-0.2, 0) is 16.9 Å². The van der Waals surface area contributed by atoms with Crippen LogP contribution < -0.4 is 10.6 Å². The molecule has 0 aliphatic carbocycles. The minimum atomic E-state index is -0.626. The van der Waals surface area contributed by atoms with Crippen molar-refractivity contribution in [2.24, 2.45) is 5.92 Å². The van der Waals surface area contributed by atoms with Gasteiger partial charge in [0, 0.05) is 6.42 Å². The molecule has 2 N–H and O–H groups in total. The third-order valence-electron chi connectivity index (χ3n) is 4.17. The highest BCUT2D eigenvalue weighted by molar-refractivity contribution is 5.85. The number of nitrogens with zero attached hydrogens (tertiary/aromatic N) is 3. The van der Waals surface area contributed by atoms with Crippen LogP contribution in [0.2, 0.25) is 0 Å². The Balaban J connectivity index is 0.00000288. The Morgan fingerprint density at radius 1 is 1.32 bits per heavy atom. The Hall–Kier alpha value is -0.890. The molecule has 1 aromatic rings. The smallest absolute Gasteiger partial charge is 0.240 e. The summed E-state index contributed by atoms with van der Waals surface area (Å²) in [5.74, 6) is 1.78. The van der Waals surface area contributed by atoms with Gasteiger partial charge in [-0.3, -0.25) is 4.79 Å². The molecule has 0 radical (unpaired) electrons. The van der Waals surface area contributed by atoms with Crippen molar-refractivity contribution in [1.29, 1.82) is 0 Å². The summed E-state index contributed by atoms with van der Waals surface area (Å²) in [6.45, 7) is 6.52. The first kappa shape index (κ1) is 24.1. The van der Waals surface area contributed by atoms with E-state index in [2.05, 4.69) is 20.8 Å². The highest BCUT2D eigenvalue weighted by Crippen LogP contribution is 2.20. The fourth-order valence-electron chi connectivity index (χ4n) is 2.82. The summed E-state index contributed by atoms with van der Waals surface area (Å²) in [7, 11) is 3.88. The van der Waals surface area contributed by atoms with E-state index < -0.39 is 5.54 Å². The average Bonchev–Trinajstić information content (AvgIpc) is 2.94. The van der Waals surface area contributed by atoms with Gasteiger partial charge in [-0.15, -0.1) is 24.8 Å². The van der Waals surface area contributed by atoms with Crippen LogP contribution in [0, 0.1) is 5.92 Å². The molecule has 1 aliphatic heterocycles. The first-order valence-electron chi connectivity index (χ1n) is 8.36. The standard InChI is InChI=1S/C16H29N5O2.2ClH/c1-16(2,15-18-14(23-20-15)11-21(3)4)19-13(22)6-5-12-7-9-17-10-8-12;;/h12,17H,5-11H2,1-4H3,(H,19,22);2*1H. The zero-order valence-electron chi connectivity index (χ0n) is 15.5. The van der Waals surface area contributed by atoms with Gasteiger partial charge in [-0.2, -0.15) is 4.98 Å². The van der Waals surface area contributed by atoms with E-state index >= 15 is 0 Å². The monoisotopic (exact) mass is 395 g/mol. The maximum Gasteiger partial charge on any atom is 0.240 e. The van der Waals surface area contributed by atoms with E-state index in [1.165, 1.54) is 0 Å². The molecular formula is C16H31Cl2N5O2. The van der Waals surface area contributed by atoms with Crippen molar-refractivity contribution in [2.75, 3.05) is 27.2 Å². The highest BCUT2D eigenvalue weighted by atomic mass is 35.5. The molecule has 1 saturated heterocycles. The molecular weight excluding hydrogens is 365 g/mol. The molecule has 146 valence electrons. The number of aromatic nitrogens is 2. The van der Waals surface area contributed by atoms with E-state index in [-0.39, 0.29) is 30.7 Å². The minimum absolute atomic E-state index is 0. The first-order chi connectivity index (χ1) is 10.9. The number of rotatable bonds is 7. The molecule has 2 rings (SSSR count). The van der Waals surface area contributed by atoms with Crippen LogP contribution in [0.3, 0.4) is 0 Å². The lowest BCUT2D eigenvalue weighted by Crippen LogP contribution is -2.42. The van der Waals surface area contributed by atoms with Crippen molar-refractivity contribution in [1.82, 2.24) is 25.7 Å². The summed E-state index contributed by atoms with van der Waals surface area (Å²) in [6.07, 6.45) is 3.82. The van der Waals surface area contributed by atoms with Crippen molar-refractivity contribution < 1.29 is 9.32 Å². The Bertz CT molecular complexity index is 516. The topological polar surface area (TPSA) is 83.3 Å². The molecule has 1 aliphatic rings. The second kappa shape index (κ2) is 11.0. The van der Waals surface area contributed by atoms with Gasteiger partial charge in [0.25, 0.3) is 0 Å². The van der Waals surface area contributed by atoms with Gasteiger partial charge in [0.15, 0.2) is 5.82 Å². The molecule has 1 fully saturated rings. The molecule has 0 aromatic carbocycles. The van der Waals surface area contributed by atoms with E-state index in [1.54, 1.807) is 0 Å². The van der Waals surface area contributed by atoms with Crippen LogP contribution in [-0.4, -0.2) is 48.1 Å². The van der Waals surface area contributed by atoms with Gasteiger partial charge >= 0.3 is 0 Å². The number of carbonyl (C=O) groups excluding carboxylic acids is 1. The molecule has 1 amide bonds. The van der Waals surface area contributed by atoms with Gasteiger partial charge in [-0.05, 0) is 66.2 Å². The summed E-state index contributed by atoms with van der Waals surface area (Å²) in [6, 6.07) is 0. The van der Waals surface area contributed by atoms with Crippen molar-refractivity contribution in [3.05, 3.63) is 11.7 Å². The first-order valence-corrected chi connectivity index (χ1v) is 8.36. The van der Waals surface area contributed by atoms with Gasteiger partial charge in [0.05, 0.1) is 12.1 Å². The largest absolute Gasteiger partial charge is 0.344 e. The minimum Gasteiger partial charge on any atom is -0.344 e. The molecule has 25 heavy (non-hydrogen) atoms. The molecule has 0 saturated carbocycles. The fraction of sp³-hybridized carbons (Fsp3) is 0.812. The van der Waals surface area contributed by atoms with Crippen LogP contribution in [0.1, 0.15) is 51.2 Å². The Morgan fingerprint density at radius 2 is 1.96 bits per heavy atom. The SMILES string of the molecule is CN(C)Cc1nc(C(C)(C)NC(=O)CCC2CCNCC2)no1.Cl.Cl. The highest BCUT2D eigenvalue weighted by Gasteiger charge is 2.29. The maximum atomic E-state index is 12.2. The number of hydrogen-bond acceptors (Lipinski definition) is 6. The van der Waals surface area contributed by atoms with Crippen LogP contribution in [0.25, 0.3) is 0 Å². The Kier molecular flexibility index (Phi) is 10.6. The number of halogens is 2. The van der Waals surface area contributed by atoms with Crippen LogP contribution in [0.15, 0.2) is 4.52 Å². The van der Waals surface area contributed by atoms with Gasteiger partial charge in [-0.1, -0.05) is 5.16 Å². The number of nitrogens with one attached hydrogen (secondary N) is 2. The van der Waals surface area contributed by atoms with Gasteiger partial charge in [0.1, 0.15) is 0 Å². The number of carbonyl (C=O) groups is 1. The lowest BCUT2D eigenvalue weighted by atomic mass is 9.93. The summed E-state index contributed by atoms with van der Waals surface area (Å²) < 4.78 is 5.24. The van der Waals surface area contributed by atoms with E-state index in [0.29, 0.717) is 30.6 Å². The third kappa shape index (κ3) is 7.90. The van der Waals surface area contributed by atoms with E-state index in [0.717, 1.165) is 32.4 Å².